The van der Waals surface area contributed by atoms with Crippen molar-refractivity contribution in [3.05, 3.63) is 29.3 Å². The predicted octanol–water partition coefficient (Wildman–Crippen LogP) is 0.910. The zero-order valence-electron chi connectivity index (χ0n) is 12.0. The number of hydrogen-bond donors (Lipinski definition) is 1. The minimum Gasteiger partial charge on any atom is -0.466 e. The molecule has 0 unspecified atom stereocenters. The molecule has 0 aliphatic carbocycles. The highest BCUT2D eigenvalue weighted by Gasteiger charge is 2.27. The Labute approximate surface area is 124 Å². The van der Waals surface area contributed by atoms with Crippen LogP contribution in [0.15, 0.2) is 18.2 Å². The molecule has 0 amide bonds. The minimum absolute atomic E-state index is 0.115. The van der Waals surface area contributed by atoms with Crippen molar-refractivity contribution in [1.29, 1.82) is 0 Å². The van der Waals surface area contributed by atoms with Crippen molar-refractivity contribution < 1.29 is 17.9 Å². The molecule has 1 heterocycles. The molecule has 0 spiro atoms. The normalized spacial score (nSPS) is 15.5. The van der Waals surface area contributed by atoms with Crippen LogP contribution in [0.1, 0.15) is 24.5 Å². The van der Waals surface area contributed by atoms with Gasteiger partial charge in [-0.2, -0.15) is 4.31 Å². The maximum absolute atomic E-state index is 12.3. The van der Waals surface area contributed by atoms with Gasteiger partial charge >= 0.3 is 5.97 Å². The summed E-state index contributed by atoms with van der Waals surface area (Å²) in [6, 6.07) is 5.53. The molecule has 21 heavy (non-hydrogen) atoms. The van der Waals surface area contributed by atoms with Crippen molar-refractivity contribution in [3.63, 3.8) is 0 Å². The van der Waals surface area contributed by atoms with Crippen molar-refractivity contribution >= 4 is 21.7 Å². The van der Waals surface area contributed by atoms with Crippen molar-refractivity contribution in [3.8, 4) is 0 Å². The van der Waals surface area contributed by atoms with Crippen LogP contribution in [-0.2, 0) is 32.5 Å². The molecule has 0 radical (unpaired) electrons. The molecule has 116 valence electrons. The Bertz CT molecular complexity index is 628. The van der Waals surface area contributed by atoms with Gasteiger partial charge < -0.3 is 10.5 Å². The van der Waals surface area contributed by atoms with Crippen molar-refractivity contribution in [2.45, 2.75) is 26.3 Å². The second kappa shape index (κ2) is 6.44. The number of carbonyl (C=O) groups is 1. The van der Waals surface area contributed by atoms with E-state index in [1.807, 2.05) is 18.2 Å². The van der Waals surface area contributed by atoms with Gasteiger partial charge in [0, 0.05) is 18.8 Å². The maximum Gasteiger partial charge on any atom is 0.306 e. The largest absolute Gasteiger partial charge is 0.466 e. The van der Waals surface area contributed by atoms with Crippen LogP contribution in [0.2, 0.25) is 0 Å². The van der Waals surface area contributed by atoms with E-state index in [0.717, 1.165) is 11.1 Å². The number of nitrogens with zero attached hydrogens (tertiary/aromatic N) is 1. The van der Waals surface area contributed by atoms with E-state index >= 15 is 0 Å². The van der Waals surface area contributed by atoms with Gasteiger partial charge in [-0.15, -0.1) is 0 Å². The Morgan fingerprint density at radius 1 is 1.43 bits per heavy atom. The summed E-state index contributed by atoms with van der Waals surface area (Å²) in [5, 5.41) is 0. The Hall–Kier alpha value is -1.60. The average Bonchev–Trinajstić information content (AvgIpc) is 2.45. The van der Waals surface area contributed by atoms with Crippen LogP contribution in [0, 0.1) is 0 Å². The number of hydrogen-bond acceptors (Lipinski definition) is 5. The standard InChI is InChI=1S/C14H20N2O4S/c1-2-20-14(17)7-9-21(18,19)16-8-6-12-11(10-16)4-3-5-13(12)15/h3-5H,2,6-10,15H2,1H3. The number of nitrogens with two attached hydrogens (primary N) is 1. The summed E-state index contributed by atoms with van der Waals surface area (Å²) in [6.45, 7) is 2.66. The number of esters is 1. The quantitative estimate of drug-likeness (QED) is 0.645. The lowest BCUT2D eigenvalue weighted by atomic mass is 9.99. The molecular formula is C14H20N2O4S. The van der Waals surface area contributed by atoms with Crippen molar-refractivity contribution in [2.24, 2.45) is 0 Å². The first kappa shape index (κ1) is 15.8. The summed E-state index contributed by atoms with van der Waals surface area (Å²) in [4.78, 5) is 11.3. The summed E-state index contributed by atoms with van der Waals surface area (Å²) < 4.78 is 30.7. The van der Waals surface area contributed by atoms with E-state index in [-0.39, 0.29) is 18.8 Å². The molecule has 6 nitrogen and oxygen atoms in total. The van der Waals surface area contributed by atoms with Gasteiger partial charge in [0.15, 0.2) is 0 Å². The van der Waals surface area contributed by atoms with Crippen LogP contribution in [0.25, 0.3) is 0 Å². The molecular weight excluding hydrogens is 292 g/mol. The van der Waals surface area contributed by atoms with E-state index in [9.17, 15) is 13.2 Å². The number of ether oxygens (including phenoxy) is 1. The third kappa shape index (κ3) is 3.74. The van der Waals surface area contributed by atoms with Gasteiger partial charge in [0.2, 0.25) is 10.0 Å². The number of sulfonamides is 1. The van der Waals surface area contributed by atoms with Crippen LogP contribution in [0.5, 0.6) is 0 Å². The zero-order chi connectivity index (χ0) is 15.5. The third-order valence-corrected chi connectivity index (χ3v) is 5.35. The highest BCUT2D eigenvalue weighted by molar-refractivity contribution is 7.89. The number of rotatable bonds is 5. The summed E-state index contributed by atoms with van der Waals surface area (Å²) in [7, 11) is -3.46. The molecule has 1 aromatic rings. The molecule has 0 aromatic heterocycles. The second-order valence-electron chi connectivity index (χ2n) is 4.94. The van der Waals surface area contributed by atoms with E-state index < -0.39 is 16.0 Å². The number of anilines is 1. The number of fused-ring (bicyclic) bond motifs is 1. The second-order valence-corrected chi connectivity index (χ2v) is 7.03. The van der Waals surface area contributed by atoms with Gasteiger partial charge in [0.1, 0.15) is 0 Å². The van der Waals surface area contributed by atoms with E-state index in [1.54, 1.807) is 6.92 Å². The molecule has 7 heteroatoms. The van der Waals surface area contributed by atoms with Crippen molar-refractivity contribution in [2.75, 3.05) is 24.6 Å². The SMILES string of the molecule is CCOC(=O)CCS(=O)(=O)N1CCc2c(N)cccc2C1. The smallest absolute Gasteiger partial charge is 0.306 e. The fourth-order valence-electron chi connectivity index (χ4n) is 2.43. The fraction of sp³-hybridized carbons (Fsp3) is 0.500. The summed E-state index contributed by atoms with van der Waals surface area (Å²) in [5.74, 6) is -0.702. The van der Waals surface area contributed by atoms with Crippen LogP contribution in [0.4, 0.5) is 5.69 Å². The average molecular weight is 312 g/mol. The molecule has 0 saturated carbocycles. The van der Waals surface area contributed by atoms with Crippen LogP contribution in [0.3, 0.4) is 0 Å². The highest BCUT2D eigenvalue weighted by atomic mass is 32.2. The van der Waals surface area contributed by atoms with Crippen LogP contribution >= 0.6 is 0 Å². The number of benzene rings is 1. The van der Waals surface area contributed by atoms with Gasteiger partial charge in [-0.05, 0) is 30.5 Å². The topological polar surface area (TPSA) is 89.7 Å². The minimum atomic E-state index is -3.46. The molecule has 0 bridgehead atoms. The van der Waals surface area contributed by atoms with Crippen LogP contribution < -0.4 is 5.73 Å². The highest BCUT2D eigenvalue weighted by Crippen LogP contribution is 2.25. The fourth-order valence-corrected chi connectivity index (χ4v) is 3.81. The summed E-state index contributed by atoms with van der Waals surface area (Å²) in [5.41, 5.74) is 8.56. The first-order chi connectivity index (χ1) is 9.94. The first-order valence-corrected chi connectivity index (χ1v) is 8.54. The van der Waals surface area contributed by atoms with Gasteiger partial charge in [-0.1, -0.05) is 12.1 Å². The van der Waals surface area contributed by atoms with E-state index in [0.29, 0.717) is 25.2 Å². The van der Waals surface area contributed by atoms with Crippen LogP contribution in [-0.4, -0.2) is 37.6 Å². The van der Waals surface area contributed by atoms with E-state index in [1.165, 1.54) is 4.31 Å². The summed E-state index contributed by atoms with van der Waals surface area (Å²) >= 11 is 0. The van der Waals surface area contributed by atoms with Gasteiger partial charge in [0.25, 0.3) is 0 Å². The number of carbonyl (C=O) groups excluding carboxylic acids is 1. The van der Waals surface area contributed by atoms with E-state index in [2.05, 4.69) is 0 Å². The first-order valence-electron chi connectivity index (χ1n) is 6.93. The predicted molar refractivity (Wildman–Crippen MR) is 80.0 cm³/mol. The summed E-state index contributed by atoms with van der Waals surface area (Å²) in [6.07, 6.45) is 0.483. The molecule has 0 saturated heterocycles. The molecule has 1 aromatic carbocycles. The lowest BCUT2D eigenvalue weighted by molar-refractivity contribution is -0.142. The Kier molecular flexibility index (Phi) is 4.84. The molecule has 2 N–H and O–H groups in total. The Morgan fingerprint density at radius 2 is 2.19 bits per heavy atom. The van der Waals surface area contributed by atoms with E-state index in [4.69, 9.17) is 10.5 Å². The lowest BCUT2D eigenvalue weighted by Gasteiger charge is -2.28. The Morgan fingerprint density at radius 3 is 2.90 bits per heavy atom. The number of nitrogen functional groups attached to an aromatic ring is 1. The molecule has 1 aliphatic rings. The van der Waals surface area contributed by atoms with Gasteiger partial charge in [0.05, 0.1) is 18.8 Å². The lowest BCUT2D eigenvalue weighted by Crippen LogP contribution is -2.38. The Balaban J connectivity index is 2.04. The maximum atomic E-state index is 12.3. The molecule has 2 rings (SSSR count). The van der Waals surface area contributed by atoms with Crippen molar-refractivity contribution in [1.82, 2.24) is 4.31 Å². The zero-order valence-corrected chi connectivity index (χ0v) is 12.9. The van der Waals surface area contributed by atoms with Gasteiger partial charge in [-0.3, -0.25) is 4.79 Å². The molecule has 0 atom stereocenters. The molecule has 0 fully saturated rings. The monoisotopic (exact) mass is 312 g/mol. The van der Waals surface area contributed by atoms with Gasteiger partial charge in [-0.25, -0.2) is 8.42 Å². The molecule has 1 aliphatic heterocycles. The third-order valence-electron chi connectivity index (χ3n) is 3.53.